The Bertz CT molecular complexity index is 936. The number of hydrogen-bond donors (Lipinski definition) is 0. The van der Waals surface area contributed by atoms with Crippen molar-refractivity contribution in [2.75, 3.05) is 6.54 Å². The standard InChI is InChI=1S/C20H18FN3O2/c1-13-4-2-3-5-17(13)19-22-20(26-23-19)15-10-18(25)24(12-15)11-14-6-8-16(21)9-7-14/h2-9,15H,10-12H2,1H3. The summed E-state index contributed by atoms with van der Waals surface area (Å²) in [5.74, 6) is 0.665. The minimum absolute atomic E-state index is 0.0370. The number of aryl methyl sites for hydroxylation is 1. The lowest BCUT2D eigenvalue weighted by atomic mass is 10.1. The van der Waals surface area contributed by atoms with E-state index in [0.29, 0.717) is 31.2 Å². The molecule has 5 nitrogen and oxygen atoms in total. The quantitative estimate of drug-likeness (QED) is 0.719. The van der Waals surface area contributed by atoms with Crippen molar-refractivity contribution in [2.45, 2.75) is 25.8 Å². The monoisotopic (exact) mass is 351 g/mol. The van der Waals surface area contributed by atoms with Gasteiger partial charge in [-0.15, -0.1) is 0 Å². The number of hydrogen-bond acceptors (Lipinski definition) is 4. The number of likely N-dealkylation sites (tertiary alicyclic amines) is 1. The summed E-state index contributed by atoms with van der Waals surface area (Å²) in [6, 6.07) is 14.0. The minimum atomic E-state index is -0.283. The van der Waals surface area contributed by atoms with Gasteiger partial charge in [-0.25, -0.2) is 4.39 Å². The molecule has 0 bridgehead atoms. The van der Waals surface area contributed by atoms with Crippen molar-refractivity contribution in [3.8, 4) is 11.4 Å². The van der Waals surface area contributed by atoms with Gasteiger partial charge in [0.1, 0.15) is 5.82 Å². The third-order valence-corrected chi connectivity index (χ3v) is 4.68. The van der Waals surface area contributed by atoms with E-state index in [0.717, 1.165) is 16.7 Å². The molecule has 6 heteroatoms. The number of carbonyl (C=O) groups is 1. The van der Waals surface area contributed by atoms with Gasteiger partial charge in [0.15, 0.2) is 0 Å². The molecule has 4 rings (SSSR count). The van der Waals surface area contributed by atoms with Crippen LogP contribution in [0.4, 0.5) is 4.39 Å². The van der Waals surface area contributed by atoms with E-state index in [-0.39, 0.29) is 17.6 Å². The van der Waals surface area contributed by atoms with E-state index in [2.05, 4.69) is 10.1 Å². The van der Waals surface area contributed by atoms with Crippen LogP contribution in [0.1, 0.15) is 29.4 Å². The highest BCUT2D eigenvalue weighted by atomic mass is 19.1. The molecule has 2 aromatic carbocycles. The van der Waals surface area contributed by atoms with Crippen LogP contribution in [-0.4, -0.2) is 27.5 Å². The van der Waals surface area contributed by atoms with Crippen LogP contribution in [0, 0.1) is 12.7 Å². The third-order valence-electron chi connectivity index (χ3n) is 4.68. The molecule has 1 aromatic heterocycles. The first-order valence-corrected chi connectivity index (χ1v) is 8.52. The van der Waals surface area contributed by atoms with E-state index in [1.165, 1.54) is 12.1 Å². The maximum atomic E-state index is 13.0. The number of rotatable bonds is 4. The van der Waals surface area contributed by atoms with Gasteiger partial charge in [-0.05, 0) is 30.2 Å². The number of nitrogens with zero attached hydrogens (tertiary/aromatic N) is 3. The Labute approximate surface area is 150 Å². The smallest absolute Gasteiger partial charge is 0.232 e. The SMILES string of the molecule is Cc1ccccc1-c1noc(C2CC(=O)N(Cc3ccc(F)cc3)C2)n1. The van der Waals surface area contributed by atoms with Crippen molar-refractivity contribution >= 4 is 5.91 Å². The summed E-state index contributed by atoms with van der Waals surface area (Å²) in [4.78, 5) is 18.6. The first-order valence-electron chi connectivity index (χ1n) is 8.52. The Kier molecular flexibility index (Phi) is 4.24. The summed E-state index contributed by atoms with van der Waals surface area (Å²) >= 11 is 0. The Morgan fingerprint density at radius 1 is 1.19 bits per heavy atom. The summed E-state index contributed by atoms with van der Waals surface area (Å²) in [5.41, 5.74) is 2.89. The van der Waals surface area contributed by atoms with Crippen LogP contribution in [-0.2, 0) is 11.3 Å². The highest BCUT2D eigenvalue weighted by Crippen LogP contribution is 2.30. The molecule has 2 heterocycles. The maximum absolute atomic E-state index is 13.0. The molecule has 1 fully saturated rings. The topological polar surface area (TPSA) is 59.2 Å². The average Bonchev–Trinajstić information content (AvgIpc) is 3.25. The fourth-order valence-electron chi connectivity index (χ4n) is 3.23. The summed E-state index contributed by atoms with van der Waals surface area (Å²) in [5, 5.41) is 4.08. The molecule has 0 spiro atoms. The van der Waals surface area contributed by atoms with Crippen LogP contribution in [0.15, 0.2) is 53.1 Å². The van der Waals surface area contributed by atoms with Crippen LogP contribution in [0.2, 0.25) is 0 Å². The summed E-state index contributed by atoms with van der Waals surface area (Å²) < 4.78 is 18.5. The molecule has 1 aliphatic rings. The molecular weight excluding hydrogens is 333 g/mol. The first kappa shape index (κ1) is 16.4. The van der Waals surface area contributed by atoms with Crippen molar-refractivity contribution in [3.63, 3.8) is 0 Å². The van der Waals surface area contributed by atoms with Crippen LogP contribution >= 0.6 is 0 Å². The molecule has 0 saturated carbocycles. The zero-order valence-electron chi connectivity index (χ0n) is 14.4. The largest absolute Gasteiger partial charge is 0.339 e. The molecule has 132 valence electrons. The van der Waals surface area contributed by atoms with E-state index in [1.54, 1.807) is 17.0 Å². The molecule has 1 aliphatic heterocycles. The Morgan fingerprint density at radius 3 is 2.73 bits per heavy atom. The van der Waals surface area contributed by atoms with E-state index in [1.807, 2.05) is 31.2 Å². The minimum Gasteiger partial charge on any atom is -0.339 e. The number of halogens is 1. The van der Waals surface area contributed by atoms with E-state index >= 15 is 0 Å². The molecule has 1 amide bonds. The molecular formula is C20H18FN3O2. The van der Waals surface area contributed by atoms with Crippen molar-refractivity contribution in [2.24, 2.45) is 0 Å². The second-order valence-electron chi connectivity index (χ2n) is 6.57. The van der Waals surface area contributed by atoms with Crippen LogP contribution < -0.4 is 0 Å². The van der Waals surface area contributed by atoms with Crippen LogP contribution in [0.5, 0.6) is 0 Å². The molecule has 0 radical (unpaired) electrons. The van der Waals surface area contributed by atoms with Gasteiger partial charge >= 0.3 is 0 Å². The van der Waals surface area contributed by atoms with Gasteiger partial charge < -0.3 is 9.42 Å². The highest BCUT2D eigenvalue weighted by molar-refractivity contribution is 5.79. The number of benzene rings is 2. The van der Waals surface area contributed by atoms with Crippen LogP contribution in [0.3, 0.4) is 0 Å². The number of amides is 1. The fourth-order valence-corrected chi connectivity index (χ4v) is 3.23. The summed E-state index contributed by atoms with van der Waals surface area (Å²) in [6.45, 7) is 2.97. The fraction of sp³-hybridized carbons (Fsp3) is 0.250. The lowest BCUT2D eigenvalue weighted by Crippen LogP contribution is -2.24. The molecule has 0 N–H and O–H groups in total. The first-order chi connectivity index (χ1) is 12.6. The van der Waals surface area contributed by atoms with Crippen molar-refractivity contribution < 1.29 is 13.7 Å². The van der Waals surface area contributed by atoms with Gasteiger partial charge in [0.05, 0.1) is 5.92 Å². The van der Waals surface area contributed by atoms with E-state index < -0.39 is 0 Å². The lowest BCUT2D eigenvalue weighted by molar-refractivity contribution is -0.128. The molecule has 3 aromatic rings. The second kappa shape index (κ2) is 6.71. The van der Waals surface area contributed by atoms with Gasteiger partial charge in [0, 0.05) is 25.1 Å². The molecule has 0 aliphatic carbocycles. The molecule has 26 heavy (non-hydrogen) atoms. The second-order valence-corrected chi connectivity index (χ2v) is 6.57. The molecule has 1 unspecified atom stereocenters. The molecule has 1 atom stereocenters. The van der Waals surface area contributed by atoms with Gasteiger partial charge in [-0.1, -0.05) is 41.6 Å². The van der Waals surface area contributed by atoms with E-state index in [4.69, 9.17) is 4.52 Å². The maximum Gasteiger partial charge on any atom is 0.232 e. The Balaban J connectivity index is 1.49. The lowest BCUT2D eigenvalue weighted by Gasteiger charge is -2.15. The predicted molar refractivity (Wildman–Crippen MR) is 93.6 cm³/mol. The normalized spacial score (nSPS) is 17.1. The van der Waals surface area contributed by atoms with Crippen molar-refractivity contribution in [1.29, 1.82) is 0 Å². The predicted octanol–water partition coefficient (Wildman–Crippen LogP) is 3.70. The highest BCUT2D eigenvalue weighted by Gasteiger charge is 2.34. The average molecular weight is 351 g/mol. The van der Waals surface area contributed by atoms with Gasteiger partial charge in [-0.2, -0.15) is 4.98 Å². The van der Waals surface area contributed by atoms with Crippen molar-refractivity contribution in [1.82, 2.24) is 15.0 Å². The Hall–Kier alpha value is -3.02. The van der Waals surface area contributed by atoms with Gasteiger partial charge in [0.2, 0.25) is 17.6 Å². The van der Waals surface area contributed by atoms with Crippen LogP contribution in [0.25, 0.3) is 11.4 Å². The van der Waals surface area contributed by atoms with Gasteiger partial charge in [-0.3, -0.25) is 4.79 Å². The molecule has 1 saturated heterocycles. The van der Waals surface area contributed by atoms with Crippen molar-refractivity contribution in [3.05, 3.63) is 71.4 Å². The summed E-state index contributed by atoms with van der Waals surface area (Å²) in [7, 11) is 0. The van der Waals surface area contributed by atoms with Gasteiger partial charge in [0.25, 0.3) is 0 Å². The Morgan fingerprint density at radius 2 is 1.96 bits per heavy atom. The third kappa shape index (κ3) is 3.22. The zero-order chi connectivity index (χ0) is 18.1. The number of aromatic nitrogens is 2. The number of carbonyl (C=O) groups excluding carboxylic acids is 1. The zero-order valence-corrected chi connectivity index (χ0v) is 14.4. The van der Waals surface area contributed by atoms with E-state index in [9.17, 15) is 9.18 Å². The summed E-state index contributed by atoms with van der Waals surface area (Å²) in [6.07, 6.45) is 0.344.